The van der Waals surface area contributed by atoms with Gasteiger partial charge in [-0.3, -0.25) is 14.6 Å². The lowest BCUT2D eigenvalue weighted by molar-refractivity contribution is -0.137. The van der Waals surface area contributed by atoms with E-state index >= 15 is 0 Å². The SMILES string of the molecule is COCCN1C(=O)[C@H]2CN(Cc3cccc(OC(F)F)c3)CCN2C12CCOCC2. The Hall–Kier alpha value is -1.81. The van der Waals surface area contributed by atoms with Crippen molar-refractivity contribution in [3.8, 4) is 5.75 Å². The summed E-state index contributed by atoms with van der Waals surface area (Å²) in [5.74, 6) is 0.304. The average Bonchev–Trinajstić information content (AvgIpc) is 2.94. The number of benzene rings is 1. The summed E-state index contributed by atoms with van der Waals surface area (Å²) >= 11 is 0. The topological polar surface area (TPSA) is 54.5 Å². The number of ether oxygens (including phenoxy) is 3. The van der Waals surface area contributed by atoms with Crippen LogP contribution in [0.25, 0.3) is 0 Å². The number of fused-ring (bicyclic) bond motifs is 2. The van der Waals surface area contributed by atoms with Crippen LogP contribution < -0.4 is 4.74 Å². The second kappa shape index (κ2) is 9.13. The molecule has 3 aliphatic rings. The van der Waals surface area contributed by atoms with Gasteiger partial charge in [0.05, 0.1) is 19.8 Å². The van der Waals surface area contributed by atoms with Gasteiger partial charge in [-0.05, 0) is 17.7 Å². The quantitative estimate of drug-likeness (QED) is 0.664. The highest BCUT2D eigenvalue weighted by Crippen LogP contribution is 2.41. The third kappa shape index (κ3) is 4.16. The molecule has 3 fully saturated rings. The average molecular weight is 425 g/mol. The Kier molecular flexibility index (Phi) is 6.52. The molecule has 1 amide bonds. The molecule has 3 aliphatic heterocycles. The lowest BCUT2D eigenvalue weighted by Crippen LogP contribution is -2.62. The van der Waals surface area contributed by atoms with Crippen LogP contribution >= 0.6 is 0 Å². The molecule has 0 aromatic heterocycles. The summed E-state index contributed by atoms with van der Waals surface area (Å²) in [5, 5.41) is 0. The van der Waals surface area contributed by atoms with Gasteiger partial charge in [0.25, 0.3) is 0 Å². The van der Waals surface area contributed by atoms with Crippen LogP contribution in [0.15, 0.2) is 24.3 Å². The summed E-state index contributed by atoms with van der Waals surface area (Å²) in [6.07, 6.45) is 1.62. The monoisotopic (exact) mass is 425 g/mol. The zero-order chi connectivity index (χ0) is 21.1. The minimum atomic E-state index is -2.84. The second-order valence-electron chi connectivity index (χ2n) is 8.05. The molecule has 0 N–H and O–H groups in total. The van der Waals surface area contributed by atoms with Gasteiger partial charge < -0.3 is 19.1 Å². The van der Waals surface area contributed by atoms with E-state index in [1.54, 1.807) is 19.2 Å². The fourth-order valence-electron chi connectivity index (χ4n) is 5.07. The number of hydrogen-bond donors (Lipinski definition) is 0. The molecule has 1 spiro atoms. The molecule has 0 saturated carbocycles. The van der Waals surface area contributed by atoms with Crippen molar-refractivity contribution >= 4 is 5.91 Å². The number of hydrogen-bond acceptors (Lipinski definition) is 6. The van der Waals surface area contributed by atoms with E-state index in [4.69, 9.17) is 9.47 Å². The highest BCUT2D eigenvalue weighted by atomic mass is 19.3. The molecule has 9 heteroatoms. The number of methoxy groups -OCH3 is 1. The predicted octanol–water partition coefficient (Wildman–Crippen LogP) is 1.77. The summed E-state index contributed by atoms with van der Waals surface area (Å²) in [4.78, 5) is 19.9. The third-order valence-electron chi connectivity index (χ3n) is 6.40. The lowest BCUT2D eigenvalue weighted by atomic mass is 9.96. The minimum Gasteiger partial charge on any atom is -0.435 e. The number of carbonyl (C=O) groups is 1. The molecule has 166 valence electrons. The number of amides is 1. The van der Waals surface area contributed by atoms with Crippen molar-refractivity contribution in [2.24, 2.45) is 0 Å². The molecule has 7 nitrogen and oxygen atoms in total. The maximum atomic E-state index is 13.4. The second-order valence-corrected chi connectivity index (χ2v) is 8.05. The molecule has 30 heavy (non-hydrogen) atoms. The summed E-state index contributed by atoms with van der Waals surface area (Å²) in [6, 6.07) is 6.57. The number of piperazine rings is 1. The first-order valence-electron chi connectivity index (χ1n) is 10.4. The Morgan fingerprint density at radius 1 is 1.27 bits per heavy atom. The first-order chi connectivity index (χ1) is 14.5. The highest BCUT2D eigenvalue weighted by Gasteiger charge is 2.57. The van der Waals surface area contributed by atoms with Gasteiger partial charge >= 0.3 is 6.61 Å². The Labute approximate surface area is 175 Å². The van der Waals surface area contributed by atoms with Crippen LogP contribution in [0.1, 0.15) is 18.4 Å². The van der Waals surface area contributed by atoms with Crippen molar-refractivity contribution in [2.45, 2.75) is 37.7 Å². The molecule has 3 heterocycles. The van der Waals surface area contributed by atoms with E-state index in [-0.39, 0.29) is 23.4 Å². The van der Waals surface area contributed by atoms with Gasteiger partial charge in [0, 0.05) is 52.7 Å². The first kappa shape index (κ1) is 21.4. The lowest BCUT2D eigenvalue weighted by Gasteiger charge is -2.49. The molecule has 0 bridgehead atoms. The van der Waals surface area contributed by atoms with Crippen LogP contribution in [0.5, 0.6) is 5.75 Å². The van der Waals surface area contributed by atoms with Crippen LogP contribution in [0.4, 0.5) is 8.78 Å². The standard InChI is InChI=1S/C21H29F2N3O4/c1-28-12-9-26-19(27)18-15-24(7-8-25(18)21(26)5-10-29-11-6-21)14-16-3-2-4-17(13-16)30-20(22)23/h2-4,13,18,20H,5-12,14-15H2,1H3/t18-/m1/s1. The van der Waals surface area contributed by atoms with E-state index in [1.165, 1.54) is 6.07 Å². The Morgan fingerprint density at radius 3 is 2.80 bits per heavy atom. The molecule has 4 rings (SSSR count). The maximum Gasteiger partial charge on any atom is 0.387 e. The van der Waals surface area contributed by atoms with Crippen LogP contribution in [0, 0.1) is 0 Å². The maximum absolute atomic E-state index is 13.4. The number of nitrogens with zero attached hydrogens (tertiary/aromatic N) is 3. The molecular formula is C21H29F2N3O4. The van der Waals surface area contributed by atoms with Crippen LogP contribution in [0.2, 0.25) is 0 Å². The van der Waals surface area contributed by atoms with Crippen LogP contribution in [-0.4, -0.2) is 92.0 Å². The smallest absolute Gasteiger partial charge is 0.387 e. The summed E-state index contributed by atoms with van der Waals surface area (Å²) in [6.45, 7) is 2.36. The molecule has 0 radical (unpaired) electrons. The minimum absolute atomic E-state index is 0.147. The highest BCUT2D eigenvalue weighted by molar-refractivity contribution is 5.85. The largest absolute Gasteiger partial charge is 0.435 e. The van der Waals surface area contributed by atoms with Crippen LogP contribution in [0.3, 0.4) is 0 Å². The molecule has 0 unspecified atom stereocenters. The first-order valence-corrected chi connectivity index (χ1v) is 10.4. The van der Waals surface area contributed by atoms with E-state index in [9.17, 15) is 13.6 Å². The summed E-state index contributed by atoms with van der Waals surface area (Å²) in [7, 11) is 1.65. The van der Waals surface area contributed by atoms with E-state index in [0.29, 0.717) is 39.5 Å². The van der Waals surface area contributed by atoms with Gasteiger partial charge in [0.1, 0.15) is 17.5 Å². The van der Waals surface area contributed by atoms with Gasteiger partial charge in [-0.2, -0.15) is 8.78 Å². The van der Waals surface area contributed by atoms with E-state index in [1.807, 2.05) is 11.0 Å². The molecular weight excluding hydrogens is 396 g/mol. The fraction of sp³-hybridized carbons (Fsp3) is 0.667. The van der Waals surface area contributed by atoms with Crippen molar-refractivity contribution in [2.75, 3.05) is 53.1 Å². The van der Waals surface area contributed by atoms with Crippen molar-refractivity contribution in [1.82, 2.24) is 14.7 Å². The number of halogens is 2. The van der Waals surface area contributed by atoms with Crippen molar-refractivity contribution < 1.29 is 27.8 Å². The zero-order valence-electron chi connectivity index (χ0n) is 17.3. The molecule has 0 aliphatic carbocycles. The number of rotatable bonds is 7. The van der Waals surface area contributed by atoms with Gasteiger partial charge in [-0.15, -0.1) is 0 Å². The Bertz CT molecular complexity index is 745. The van der Waals surface area contributed by atoms with E-state index in [0.717, 1.165) is 31.5 Å². The van der Waals surface area contributed by atoms with Gasteiger partial charge in [-0.25, -0.2) is 0 Å². The van der Waals surface area contributed by atoms with Crippen molar-refractivity contribution in [1.29, 1.82) is 0 Å². The van der Waals surface area contributed by atoms with E-state index in [2.05, 4.69) is 14.5 Å². The Morgan fingerprint density at radius 2 is 2.07 bits per heavy atom. The van der Waals surface area contributed by atoms with Gasteiger partial charge in [0.15, 0.2) is 0 Å². The predicted molar refractivity (Wildman–Crippen MR) is 105 cm³/mol. The van der Waals surface area contributed by atoms with Gasteiger partial charge in [0.2, 0.25) is 5.91 Å². The van der Waals surface area contributed by atoms with E-state index < -0.39 is 6.61 Å². The molecule has 1 atom stereocenters. The fourth-order valence-corrected chi connectivity index (χ4v) is 5.07. The third-order valence-corrected chi connectivity index (χ3v) is 6.40. The number of carbonyl (C=O) groups excluding carboxylic acids is 1. The normalized spacial score (nSPS) is 24.6. The number of alkyl halides is 2. The van der Waals surface area contributed by atoms with Crippen molar-refractivity contribution in [3.63, 3.8) is 0 Å². The molecule has 3 saturated heterocycles. The van der Waals surface area contributed by atoms with Crippen molar-refractivity contribution in [3.05, 3.63) is 29.8 Å². The van der Waals surface area contributed by atoms with Crippen LogP contribution in [-0.2, 0) is 20.8 Å². The molecule has 1 aromatic rings. The molecule has 1 aromatic carbocycles. The zero-order valence-corrected chi connectivity index (χ0v) is 17.3. The summed E-state index contributed by atoms with van der Waals surface area (Å²) < 4.78 is 40.4. The van der Waals surface area contributed by atoms with Gasteiger partial charge in [-0.1, -0.05) is 12.1 Å². The Balaban J connectivity index is 1.47. The summed E-state index contributed by atoms with van der Waals surface area (Å²) in [5.41, 5.74) is 0.611.